The average molecular weight is 585 g/mol. The van der Waals surface area contributed by atoms with E-state index in [1.165, 1.54) is 89.8 Å². The Kier molecular flexibility index (Phi) is 18.1. The fourth-order valence-corrected chi connectivity index (χ4v) is 5.61. The highest BCUT2D eigenvalue weighted by Crippen LogP contribution is 2.42. The van der Waals surface area contributed by atoms with E-state index in [1.54, 1.807) is 4.57 Å². The van der Waals surface area contributed by atoms with Crippen LogP contribution in [0.2, 0.25) is 0 Å². The third-order valence-corrected chi connectivity index (χ3v) is 8.30. The summed E-state index contributed by atoms with van der Waals surface area (Å²) >= 11 is 0. The van der Waals surface area contributed by atoms with E-state index in [0.717, 1.165) is 13.0 Å². The van der Waals surface area contributed by atoms with Gasteiger partial charge in [-0.15, -0.1) is 0 Å². The standard InChI is InChI=1S/C28H53N6O5P/c1-2-3-4-5-6-7-8-9-10-11-12-13-14-15-18-37-19-16-21-39-40(35,36)22-17-20-38-24-34-23-31-25-26(29)32-28(30)33-27(25)34/h23H,2-22,24H2,1H3,(H,35,36)(H4,29,30,32,33). The maximum atomic E-state index is 12.2. The van der Waals surface area contributed by atoms with Crippen molar-refractivity contribution in [2.45, 2.75) is 116 Å². The number of hydrogen-bond acceptors (Lipinski definition) is 9. The quantitative estimate of drug-likeness (QED) is 0.0828. The van der Waals surface area contributed by atoms with Crippen LogP contribution in [0.1, 0.15) is 110 Å². The molecule has 0 bridgehead atoms. The van der Waals surface area contributed by atoms with Gasteiger partial charge in [-0.25, -0.2) is 4.98 Å². The van der Waals surface area contributed by atoms with E-state index in [-0.39, 0.29) is 37.9 Å². The summed E-state index contributed by atoms with van der Waals surface area (Å²) in [5, 5.41) is 0. The number of nitrogens with zero attached hydrogens (tertiary/aromatic N) is 4. The van der Waals surface area contributed by atoms with Crippen LogP contribution in [-0.4, -0.2) is 57.0 Å². The zero-order valence-corrected chi connectivity index (χ0v) is 25.5. The smallest absolute Gasteiger partial charge is 0.328 e. The maximum absolute atomic E-state index is 12.2. The number of fused-ring (bicyclic) bond motifs is 1. The van der Waals surface area contributed by atoms with Crippen LogP contribution >= 0.6 is 7.60 Å². The largest absolute Gasteiger partial charge is 0.382 e. The number of nitrogens with two attached hydrogens (primary N) is 2. The van der Waals surface area contributed by atoms with Crippen molar-refractivity contribution >= 4 is 30.5 Å². The molecule has 5 N–H and O–H groups in total. The molecule has 11 nitrogen and oxygen atoms in total. The van der Waals surface area contributed by atoms with Gasteiger partial charge in [-0.1, -0.05) is 90.4 Å². The molecule has 1 atom stereocenters. The van der Waals surface area contributed by atoms with Crippen molar-refractivity contribution in [1.82, 2.24) is 19.5 Å². The van der Waals surface area contributed by atoms with Crippen LogP contribution in [0.15, 0.2) is 6.33 Å². The molecule has 0 saturated carbocycles. The summed E-state index contributed by atoms with van der Waals surface area (Å²) in [5.74, 6) is 0.269. The first kappa shape index (κ1) is 34.4. The predicted molar refractivity (Wildman–Crippen MR) is 161 cm³/mol. The van der Waals surface area contributed by atoms with Crippen molar-refractivity contribution in [2.75, 3.05) is 44.1 Å². The van der Waals surface area contributed by atoms with Crippen LogP contribution in [0, 0.1) is 0 Å². The minimum atomic E-state index is -3.65. The van der Waals surface area contributed by atoms with E-state index in [0.29, 0.717) is 30.6 Å². The number of hydrogen-bond donors (Lipinski definition) is 3. The lowest BCUT2D eigenvalue weighted by Gasteiger charge is -2.12. The Labute approximate surface area is 240 Å². The number of aromatic nitrogens is 4. The summed E-state index contributed by atoms with van der Waals surface area (Å²) in [6.07, 6.45) is 21.3. The molecule has 0 aromatic carbocycles. The number of nitrogen functional groups attached to an aromatic ring is 2. The zero-order valence-electron chi connectivity index (χ0n) is 24.6. The Morgan fingerprint density at radius 3 is 2.00 bits per heavy atom. The molecule has 0 amide bonds. The third-order valence-electron chi connectivity index (χ3n) is 6.84. The molecule has 2 heterocycles. The van der Waals surface area contributed by atoms with Crippen molar-refractivity contribution < 1.29 is 23.5 Å². The lowest BCUT2D eigenvalue weighted by molar-refractivity contribution is 0.0788. The first-order valence-electron chi connectivity index (χ1n) is 15.3. The molecule has 2 aromatic heterocycles. The molecule has 0 aliphatic carbocycles. The van der Waals surface area contributed by atoms with Gasteiger partial charge in [0, 0.05) is 19.8 Å². The van der Waals surface area contributed by atoms with Gasteiger partial charge in [0.05, 0.1) is 19.1 Å². The number of anilines is 2. The summed E-state index contributed by atoms with van der Waals surface area (Å²) in [6, 6.07) is 0. The van der Waals surface area contributed by atoms with E-state index in [9.17, 15) is 9.46 Å². The SMILES string of the molecule is CCCCCCCCCCCCCCCCOCCCOP(=O)(O)CCCOCn1cnc2c(N)nc(N)nc21. The first-order valence-corrected chi connectivity index (χ1v) is 17.0. The van der Waals surface area contributed by atoms with Gasteiger partial charge in [0.2, 0.25) is 5.95 Å². The summed E-state index contributed by atoms with van der Waals surface area (Å²) < 4.78 is 30.3. The summed E-state index contributed by atoms with van der Waals surface area (Å²) in [4.78, 5) is 22.2. The molecular formula is C28H53N6O5P. The van der Waals surface area contributed by atoms with E-state index >= 15 is 0 Å². The van der Waals surface area contributed by atoms with Crippen molar-refractivity contribution in [3.63, 3.8) is 0 Å². The molecule has 1 unspecified atom stereocenters. The summed E-state index contributed by atoms with van der Waals surface area (Å²) in [6.45, 7) is 4.20. The fourth-order valence-electron chi connectivity index (χ4n) is 4.54. The van der Waals surface area contributed by atoms with Crippen LogP contribution in [0.3, 0.4) is 0 Å². The number of unbranched alkanes of at least 4 members (excludes halogenated alkanes) is 13. The molecular weight excluding hydrogens is 531 g/mol. The minimum absolute atomic E-state index is 0.0274. The molecule has 2 rings (SSSR count). The lowest BCUT2D eigenvalue weighted by atomic mass is 10.0. The van der Waals surface area contributed by atoms with Crippen LogP contribution in [0.4, 0.5) is 11.8 Å². The second-order valence-electron chi connectivity index (χ2n) is 10.5. The number of imidazole rings is 1. The van der Waals surface area contributed by atoms with Gasteiger partial charge in [-0.2, -0.15) is 9.97 Å². The minimum Gasteiger partial charge on any atom is -0.382 e. The molecule has 2 aromatic rings. The highest BCUT2D eigenvalue weighted by molar-refractivity contribution is 7.52. The van der Waals surface area contributed by atoms with E-state index in [1.807, 2.05) is 0 Å². The van der Waals surface area contributed by atoms with Crippen LogP contribution in [0.25, 0.3) is 11.2 Å². The molecule has 12 heteroatoms. The number of ether oxygens (including phenoxy) is 2. The normalized spacial score (nSPS) is 13.2. The van der Waals surface area contributed by atoms with E-state index in [2.05, 4.69) is 21.9 Å². The van der Waals surface area contributed by atoms with E-state index < -0.39 is 7.60 Å². The number of rotatable bonds is 26. The van der Waals surface area contributed by atoms with Crippen molar-refractivity contribution in [3.05, 3.63) is 6.33 Å². The van der Waals surface area contributed by atoms with Gasteiger partial charge >= 0.3 is 7.60 Å². The summed E-state index contributed by atoms with van der Waals surface area (Å²) in [5.41, 5.74) is 12.4. The first-order chi connectivity index (χ1) is 19.4. The van der Waals surface area contributed by atoms with Crippen molar-refractivity contribution in [2.24, 2.45) is 0 Å². The highest BCUT2D eigenvalue weighted by atomic mass is 31.2. The van der Waals surface area contributed by atoms with Gasteiger partial charge < -0.3 is 30.4 Å². The van der Waals surface area contributed by atoms with Crippen molar-refractivity contribution in [3.8, 4) is 0 Å². The lowest BCUT2D eigenvalue weighted by Crippen LogP contribution is -2.07. The molecule has 0 fully saturated rings. The maximum Gasteiger partial charge on any atom is 0.328 e. The van der Waals surface area contributed by atoms with Crippen LogP contribution in [0.5, 0.6) is 0 Å². The molecule has 0 aliphatic heterocycles. The predicted octanol–water partition coefficient (Wildman–Crippen LogP) is 6.44. The Morgan fingerprint density at radius 1 is 0.775 bits per heavy atom. The summed E-state index contributed by atoms with van der Waals surface area (Å²) in [7, 11) is -3.65. The molecule has 0 saturated heterocycles. The third kappa shape index (κ3) is 15.3. The van der Waals surface area contributed by atoms with E-state index in [4.69, 9.17) is 25.5 Å². The molecule has 0 aliphatic rings. The van der Waals surface area contributed by atoms with Gasteiger partial charge in [-0.05, 0) is 19.3 Å². The zero-order chi connectivity index (χ0) is 28.9. The van der Waals surface area contributed by atoms with Crippen LogP contribution < -0.4 is 11.5 Å². The van der Waals surface area contributed by atoms with Gasteiger partial charge in [0.15, 0.2) is 11.5 Å². The Morgan fingerprint density at radius 2 is 1.35 bits per heavy atom. The highest BCUT2D eigenvalue weighted by Gasteiger charge is 2.18. The monoisotopic (exact) mass is 584 g/mol. The average Bonchev–Trinajstić information content (AvgIpc) is 3.32. The molecule has 0 spiro atoms. The van der Waals surface area contributed by atoms with Crippen molar-refractivity contribution in [1.29, 1.82) is 0 Å². The second-order valence-corrected chi connectivity index (χ2v) is 12.5. The van der Waals surface area contributed by atoms with Gasteiger partial charge in [-0.3, -0.25) is 9.13 Å². The molecule has 230 valence electrons. The fraction of sp³-hybridized carbons (Fsp3) is 0.821. The van der Waals surface area contributed by atoms with Crippen LogP contribution in [-0.2, 0) is 25.3 Å². The Hall–Kier alpha value is -1.78. The molecule has 40 heavy (non-hydrogen) atoms. The van der Waals surface area contributed by atoms with Gasteiger partial charge in [0.1, 0.15) is 12.2 Å². The molecule has 0 radical (unpaired) electrons. The van der Waals surface area contributed by atoms with Gasteiger partial charge in [0.25, 0.3) is 0 Å². The topological polar surface area (TPSA) is 161 Å². The Balaban J connectivity index is 1.35. The Bertz CT molecular complexity index is 976. The second kappa shape index (κ2) is 21.0.